The molecule has 0 spiro atoms. The molecular weight excluding hydrogens is 524 g/mol. The highest BCUT2D eigenvalue weighted by Gasteiger charge is 2.14. The highest BCUT2D eigenvalue weighted by molar-refractivity contribution is 9.10. The number of H-pyrrole nitrogens is 1. The summed E-state index contributed by atoms with van der Waals surface area (Å²) in [4.78, 5) is 12.7. The lowest BCUT2D eigenvalue weighted by molar-refractivity contribution is 0.739. The zero-order valence-electron chi connectivity index (χ0n) is 20.3. The molecule has 0 bridgehead atoms. The van der Waals surface area contributed by atoms with Gasteiger partial charge < -0.3 is 21.4 Å². The average Bonchev–Trinajstić information content (AvgIpc) is 3.36. The van der Waals surface area contributed by atoms with E-state index in [-0.39, 0.29) is 0 Å². The third kappa shape index (κ3) is 5.01. The summed E-state index contributed by atoms with van der Waals surface area (Å²) in [5.74, 6) is 0.891. The number of hydrogen-bond donors (Lipinski definition) is 4. The van der Waals surface area contributed by atoms with E-state index in [9.17, 15) is 0 Å². The normalized spacial score (nSPS) is 13.5. The highest BCUT2D eigenvalue weighted by atomic mass is 79.9. The van der Waals surface area contributed by atoms with Crippen molar-refractivity contribution in [2.24, 2.45) is 0 Å². The van der Waals surface area contributed by atoms with Crippen LogP contribution in [0.25, 0.3) is 27.6 Å². The molecule has 5 aromatic rings. The molecule has 0 saturated heterocycles. The summed E-state index contributed by atoms with van der Waals surface area (Å²) in [6, 6.07) is 25.2. The van der Waals surface area contributed by atoms with Gasteiger partial charge in [0.05, 0.1) is 10.2 Å². The van der Waals surface area contributed by atoms with Gasteiger partial charge in [0.15, 0.2) is 0 Å². The van der Waals surface area contributed by atoms with Crippen LogP contribution in [0.3, 0.4) is 0 Å². The molecule has 0 radical (unpaired) electrons. The van der Waals surface area contributed by atoms with E-state index in [2.05, 4.69) is 109 Å². The lowest BCUT2D eigenvalue weighted by Crippen LogP contribution is -2.19. The van der Waals surface area contributed by atoms with Crippen molar-refractivity contribution in [3.63, 3.8) is 0 Å². The van der Waals surface area contributed by atoms with Gasteiger partial charge in [0, 0.05) is 41.3 Å². The average molecular weight is 551 g/mol. The summed E-state index contributed by atoms with van der Waals surface area (Å²) < 4.78 is 0.726. The minimum Gasteiger partial charge on any atom is -0.383 e. The smallest absolute Gasteiger partial charge is 0.229 e. The first-order valence-electron chi connectivity index (χ1n) is 12.4. The van der Waals surface area contributed by atoms with Crippen molar-refractivity contribution in [2.45, 2.75) is 12.8 Å². The number of fused-ring (bicyclic) bond motifs is 1. The quantitative estimate of drug-likeness (QED) is 0.189. The van der Waals surface area contributed by atoms with Crippen LogP contribution in [0.1, 0.15) is 23.2 Å². The van der Waals surface area contributed by atoms with E-state index in [1.807, 2.05) is 12.1 Å². The second kappa shape index (κ2) is 10.2. The van der Waals surface area contributed by atoms with E-state index >= 15 is 0 Å². The molecule has 0 atom stereocenters. The number of hydrogen-bond acceptors (Lipinski definition) is 5. The fourth-order valence-corrected chi connectivity index (χ4v) is 5.15. The molecule has 7 heteroatoms. The molecule has 0 saturated carbocycles. The Bertz CT molecular complexity index is 1610. The van der Waals surface area contributed by atoms with Crippen molar-refractivity contribution in [2.75, 3.05) is 24.1 Å². The summed E-state index contributed by atoms with van der Waals surface area (Å²) in [6.07, 6.45) is 6.02. The number of benzene rings is 3. The van der Waals surface area contributed by atoms with Crippen molar-refractivity contribution in [1.82, 2.24) is 20.3 Å². The zero-order valence-corrected chi connectivity index (χ0v) is 21.8. The first-order valence-corrected chi connectivity index (χ1v) is 13.2. The Morgan fingerprint density at radius 1 is 0.946 bits per heavy atom. The van der Waals surface area contributed by atoms with Gasteiger partial charge in [-0.15, -0.1) is 0 Å². The number of nitrogens with two attached hydrogens (primary N) is 1. The van der Waals surface area contributed by atoms with E-state index in [0.717, 1.165) is 46.4 Å². The zero-order chi connectivity index (χ0) is 25.2. The number of nitrogens with one attached hydrogen (secondary N) is 3. The number of nitrogens with zero attached hydrogens (tertiary/aromatic N) is 2. The molecule has 0 fully saturated rings. The number of aromatic amines is 1. The molecule has 1 aliphatic heterocycles. The van der Waals surface area contributed by atoms with Crippen LogP contribution in [0, 0.1) is 0 Å². The van der Waals surface area contributed by atoms with Crippen molar-refractivity contribution in [3.05, 3.63) is 106 Å². The van der Waals surface area contributed by atoms with Gasteiger partial charge in [-0.25, -0.2) is 4.98 Å². The molecule has 3 aromatic carbocycles. The van der Waals surface area contributed by atoms with Gasteiger partial charge in [-0.3, -0.25) is 0 Å². The summed E-state index contributed by atoms with van der Waals surface area (Å²) in [6.45, 7) is 1.91. The number of anilines is 3. The summed E-state index contributed by atoms with van der Waals surface area (Å²) in [5.41, 5.74) is 15.3. The lowest BCUT2D eigenvalue weighted by atomic mass is 9.99. The fourth-order valence-electron chi connectivity index (χ4n) is 4.83. The molecule has 0 amide bonds. The maximum absolute atomic E-state index is 6.29. The Kier molecular flexibility index (Phi) is 6.47. The van der Waals surface area contributed by atoms with Crippen LogP contribution >= 0.6 is 15.9 Å². The van der Waals surface area contributed by atoms with Crippen molar-refractivity contribution in [1.29, 1.82) is 0 Å². The molecule has 6 nitrogen and oxygen atoms in total. The summed E-state index contributed by atoms with van der Waals surface area (Å²) >= 11 is 3.61. The minimum absolute atomic E-state index is 0.412. The van der Waals surface area contributed by atoms with Crippen molar-refractivity contribution >= 4 is 49.9 Å². The van der Waals surface area contributed by atoms with E-state index in [4.69, 9.17) is 10.7 Å². The summed E-state index contributed by atoms with van der Waals surface area (Å²) in [5, 5.41) is 7.94. The SMILES string of the molecule is Nc1nc(Nc2ccc3[nH]cc(C4=CCNCC4)c3c2)nc(Cc2cccc(-c3ccccc3)c2)c1Br. The Balaban J connectivity index is 1.28. The number of aromatic nitrogens is 3. The third-order valence-electron chi connectivity index (χ3n) is 6.70. The van der Waals surface area contributed by atoms with Gasteiger partial charge in [-0.2, -0.15) is 4.98 Å². The maximum atomic E-state index is 6.29. The minimum atomic E-state index is 0.412. The Labute approximate surface area is 224 Å². The molecular formula is C30H27BrN6. The van der Waals surface area contributed by atoms with Crippen LogP contribution < -0.4 is 16.4 Å². The molecule has 0 unspecified atom stereocenters. The molecule has 5 N–H and O–H groups in total. The van der Waals surface area contributed by atoms with Crippen molar-refractivity contribution < 1.29 is 0 Å². The number of halogens is 1. The first kappa shape index (κ1) is 23.5. The van der Waals surface area contributed by atoms with E-state index in [1.165, 1.54) is 27.6 Å². The molecule has 0 aliphatic carbocycles. The Hall–Kier alpha value is -3.94. The number of rotatable bonds is 6. The summed E-state index contributed by atoms with van der Waals surface area (Å²) in [7, 11) is 0. The van der Waals surface area contributed by atoms with Crippen LogP contribution in [0.15, 0.2) is 89.5 Å². The van der Waals surface area contributed by atoms with E-state index in [0.29, 0.717) is 18.2 Å². The van der Waals surface area contributed by atoms with E-state index < -0.39 is 0 Å². The molecule has 37 heavy (non-hydrogen) atoms. The van der Waals surface area contributed by atoms with Crippen LogP contribution in [0.2, 0.25) is 0 Å². The monoisotopic (exact) mass is 550 g/mol. The molecule has 3 heterocycles. The van der Waals surface area contributed by atoms with Gasteiger partial charge in [0.25, 0.3) is 0 Å². The second-order valence-electron chi connectivity index (χ2n) is 9.21. The lowest BCUT2D eigenvalue weighted by Gasteiger charge is -2.14. The predicted octanol–water partition coefficient (Wildman–Crippen LogP) is 6.68. The van der Waals surface area contributed by atoms with Gasteiger partial charge in [0.2, 0.25) is 5.95 Å². The topological polar surface area (TPSA) is 91.6 Å². The van der Waals surface area contributed by atoms with Gasteiger partial charge in [-0.05, 0) is 69.4 Å². The van der Waals surface area contributed by atoms with Crippen LogP contribution in [0.4, 0.5) is 17.5 Å². The third-order valence-corrected chi connectivity index (χ3v) is 7.56. The van der Waals surface area contributed by atoms with Crippen LogP contribution in [-0.4, -0.2) is 28.0 Å². The molecule has 1 aliphatic rings. The maximum Gasteiger partial charge on any atom is 0.229 e. The Morgan fingerprint density at radius 2 is 1.81 bits per heavy atom. The highest BCUT2D eigenvalue weighted by Crippen LogP contribution is 2.32. The van der Waals surface area contributed by atoms with Gasteiger partial charge >= 0.3 is 0 Å². The predicted molar refractivity (Wildman–Crippen MR) is 156 cm³/mol. The van der Waals surface area contributed by atoms with Gasteiger partial charge in [-0.1, -0.05) is 60.7 Å². The number of nitrogen functional groups attached to an aromatic ring is 1. The largest absolute Gasteiger partial charge is 0.383 e. The fraction of sp³-hybridized carbons (Fsp3) is 0.133. The molecule has 2 aromatic heterocycles. The van der Waals surface area contributed by atoms with Crippen LogP contribution in [0.5, 0.6) is 0 Å². The van der Waals surface area contributed by atoms with Crippen molar-refractivity contribution in [3.8, 4) is 11.1 Å². The first-order chi connectivity index (χ1) is 18.1. The standard InChI is InChI=1S/C30H27BrN6/c31-28-27(16-19-5-4-8-22(15-19)20-6-2-1-3-7-20)36-30(37-29(28)32)35-23-9-10-26-24(17-23)25(18-34-26)21-11-13-33-14-12-21/h1-11,15,17-18,33-34H,12-14,16H2,(H3,32,35,36,37). The second-order valence-corrected chi connectivity index (χ2v) is 10.0. The Morgan fingerprint density at radius 3 is 2.65 bits per heavy atom. The molecule has 184 valence electrons. The molecule has 6 rings (SSSR count). The van der Waals surface area contributed by atoms with Crippen LogP contribution in [-0.2, 0) is 6.42 Å². The van der Waals surface area contributed by atoms with E-state index in [1.54, 1.807) is 0 Å². The van der Waals surface area contributed by atoms with Gasteiger partial charge in [0.1, 0.15) is 5.82 Å².